The lowest BCUT2D eigenvalue weighted by atomic mass is 9.87. The van der Waals surface area contributed by atoms with E-state index < -0.39 is 0 Å². The molecule has 0 saturated carbocycles. The number of carbonyl (C=O) groups excluding carboxylic acids is 1. The summed E-state index contributed by atoms with van der Waals surface area (Å²) in [5.74, 6) is 0.910. The summed E-state index contributed by atoms with van der Waals surface area (Å²) in [6.45, 7) is 8.61. The summed E-state index contributed by atoms with van der Waals surface area (Å²) in [7, 11) is 1.47. The number of hydrogen-bond donors (Lipinski definition) is 3. The number of aryl methyl sites for hydroxylation is 1. The van der Waals surface area contributed by atoms with Crippen LogP contribution in [0.5, 0.6) is 11.5 Å². The number of phenols is 1. The molecule has 4 aromatic rings. The standard InChI is InChI=1S/C29H31N5O3S/c1-19-9-15-23(16-10-19)34-27(20-11-13-22(14-12-20)29(2,3)4)32-33-28(34)38-18-25(35)31-30-17-21-7-6-8-24(37-5)26(21)36/h6-17H,18H2,1-5H3,(H2,30,31,35,36)/p+1. The van der Waals surface area contributed by atoms with E-state index in [4.69, 9.17) is 4.74 Å². The van der Waals surface area contributed by atoms with Crippen molar-refractivity contribution in [2.75, 3.05) is 12.9 Å². The Morgan fingerprint density at radius 3 is 2.50 bits per heavy atom. The number of ether oxygens (including phenoxy) is 1. The van der Waals surface area contributed by atoms with Crippen LogP contribution in [0.15, 0.2) is 77.0 Å². The van der Waals surface area contributed by atoms with Crippen molar-refractivity contribution < 1.29 is 19.2 Å². The maximum Gasteiger partial charge on any atom is 0.342 e. The van der Waals surface area contributed by atoms with Gasteiger partial charge in [-0.05, 0) is 66.1 Å². The second kappa shape index (κ2) is 11.5. The van der Waals surface area contributed by atoms with Crippen molar-refractivity contribution in [2.45, 2.75) is 38.3 Å². The van der Waals surface area contributed by atoms with E-state index in [9.17, 15) is 9.90 Å². The number of H-pyrrole nitrogens is 1. The average molecular weight is 531 g/mol. The summed E-state index contributed by atoms with van der Waals surface area (Å²) < 4.78 is 7.11. The van der Waals surface area contributed by atoms with Crippen LogP contribution >= 0.6 is 11.8 Å². The maximum atomic E-state index is 12.5. The molecule has 8 nitrogen and oxygen atoms in total. The molecule has 38 heavy (non-hydrogen) atoms. The first-order valence-electron chi connectivity index (χ1n) is 12.2. The molecular weight excluding hydrogens is 498 g/mol. The first-order chi connectivity index (χ1) is 18.2. The number of rotatable bonds is 8. The SMILES string of the molecule is COc1cccc(C=NNC(=O)CSc2n[nH]c(-c3ccc(C(C)(C)C)cc3)[n+]2-c2ccc(C)cc2)c1O. The topological polar surface area (TPSA) is 103 Å². The highest BCUT2D eigenvalue weighted by molar-refractivity contribution is 7.99. The van der Waals surface area contributed by atoms with Gasteiger partial charge in [-0.1, -0.05) is 56.7 Å². The van der Waals surface area contributed by atoms with Crippen LogP contribution < -0.4 is 14.7 Å². The molecule has 196 valence electrons. The molecule has 0 aliphatic carbocycles. The van der Waals surface area contributed by atoms with Crippen LogP contribution in [-0.2, 0) is 10.2 Å². The summed E-state index contributed by atoms with van der Waals surface area (Å²) in [6, 6.07) is 21.6. The minimum atomic E-state index is -0.303. The van der Waals surface area contributed by atoms with Gasteiger partial charge >= 0.3 is 5.16 Å². The van der Waals surface area contributed by atoms with Gasteiger partial charge in [-0.25, -0.2) is 5.43 Å². The number of thioether (sulfide) groups is 1. The van der Waals surface area contributed by atoms with Crippen molar-refractivity contribution in [3.05, 3.63) is 83.4 Å². The number of carbonyl (C=O) groups is 1. The van der Waals surface area contributed by atoms with Crippen molar-refractivity contribution in [2.24, 2.45) is 5.10 Å². The van der Waals surface area contributed by atoms with Crippen molar-refractivity contribution in [1.82, 2.24) is 15.6 Å². The fraction of sp³-hybridized carbons (Fsp3) is 0.241. The number of hydrazone groups is 1. The minimum Gasteiger partial charge on any atom is -0.504 e. The largest absolute Gasteiger partial charge is 0.504 e. The quantitative estimate of drug-likeness (QED) is 0.130. The van der Waals surface area contributed by atoms with Crippen LogP contribution in [0.1, 0.15) is 37.5 Å². The molecule has 0 fully saturated rings. The molecule has 0 bridgehead atoms. The Balaban J connectivity index is 1.53. The number of aromatic hydroxyl groups is 1. The third-order valence-corrected chi connectivity index (χ3v) is 6.90. The predicted octanol–water partition coefficient (Wildman–Crippen LogP) is 4.92. The van der Waals surface area contributed by atoms with Crippen molar-refractivity contribution in [1.29, 1.82) is 0 Å². The number of nitrogens with zero attached hydrogens (tertiary/aromatic N) is 3. The van der Waals surface area contributed by atoms with Gasteiger partial charge in [0, 0.05) is 5.56 Å². The zero-order valence-corrected chi connectivity index (χ0v) is 23.0. The van der Waals surface area contributed by atoms with Crippen LogP contribution in [0.4, 0.5) is 0 Å². The molecule has 0 atom stereocenters. The van der Waals surface area contributed by atoms with Crippen LogP contribution in [0.3, 0.4) is 0 Å². The highest BCUT2D eigenvalue weighted by Crippen LogP contribution is 2.28. The molecule has 0 unspecified atom stereocenters. The van der Waals surface area contributed by atoms with Gasteiger partial charge < -0.3 is 9.84 Å². The summed E-state index contributed by atoms with van der Waals surface area (Å²) in [5.41, 5.74) is 7.32. The van der Waals surface area contributed by atoms with Crippen molar-refractivity contribution >= 4 is 23.9 Å². The molecule has 0 aliphatic rings. The highest BCUT2D eigenvalue weighted by atomic mass is 32.2. The van der Waals surface area contributed by atoms with Gasteiger partial charge in [0.2, 0.25) is 0 Å². The van der Waals surface area contributed by atoms with Gasteiger partial charge in [0.1, 0.15) is 5.69 Å². The lowest BCUT2D eigenvalue weighted by Crippen LogP contribution is -2.34. The van der Waals surface area contributed by atoms with E-state index in [-0.39, 0.29) is 22.8 Å². The Morgan fingerprint density at radius 1 is 1.13 bits per heavy atom. The third-order valence-electron chi connectivity index (χ3n) is 5.96. The normalized spacial score (nSPS) is 11.6. The summed E-state index contributed by atoms with van der Waals surface area (Å²) >= 11 is 1.30. The third kappa shape index (κ3) is 6.23. The summed E-state index contributed by atoms with van der Waals surface area (Å²) in [5, 5.41) is 22.5. The lowest BCUT2D eigenvalue weighted by Gasteiger charge is -2.18. The Hall–Kier alpha value is -4.11. The van der Waals surface area contributed by atoms with Crippen molar-refractivity contribution in [3.63, 3.8) is 0 Å². The zero-order valence-electron chi connectivity index (χ0n) is 22.1. The number of phenolic OH excluding ortho intramolecular Hbond substituents is 1. The predicted molar refractivity (Wildman–Crippen MR) is 150 cm³/mol. The highest BCUT2D eigenvalue weighted by Gasteiger charge is 2.25. The molecule has 1 aromatic heterocycles. The van der Waals surface area contributed by atoms with Gasteiger partial charge in [-0.3, -0.25) is 4.79 Å². The monoisotopic (exact) mass is 530 g/mol. The van der Waals surface area contributed by atoms with Crippen LogP contribution in [0.2, 0.25) is 0 Å². The number of aromatic nitrogens is 3. The molecule has 9 heteroatoms. The number of methoxy groups -OCH3 is 1. The zero-order chi connectivity index (χ0) is 27.3. The molecule has 0 saturated heterocycles. The van der Waals surface area contributed by atoms with E-state index in [1.165, 1.54) is 30.6 Å². The second-order valence-corrected chi connectivity index (χ2v) is 10.8. The van der Waals surface area contributed by atoms with Gasteiger partial charge in [0.15, 0.2) is 11.5 Å². The minimum absolute atomic E-state index is 0.0406. The van der Waals surface area contributed by atoms with E-state index in [0.29, 0.717) is 16.5 Å². The smallest absolute Gasteiger partial charge is 0.342 e. The summed E-state index contributed by atoms with van der Waals surface area (Å²) in [6.07, 6.45) is 1.38. The molecule has 3 N–H and O–H groups in total. The lowest BCUT2D eigenvalue weighted by molar-refractivity contribution is -0.625. The van der Waals surface area contributed by atoms with Gasteiger partial charge in [-0.2, -0.15) is 9.67 Å². The average Bonchev–Trinajstić information content (AvgIpc) is 3.32. The molecule has 4 rings (SSSR count). The van der Waals surface area contributed by atoms with E-state index in [1.54, 1.807) is 18.2 Å². The Morgan fingerprint density at radius 2 is 1.84 bits per heavy atom. The summed E-state index contributed by atoms with van der Waals surface area (Å²) in [4.78, 5) is 12.5. The van der Waals surface area contributed by atoms with Crippen molar-refractivity contribution in [3.8, 4) is 28.6 Å². The molecule has 1 amide bonds. The fourth-order valence-corrected chi connectivity index (χ4v) is 4.55. The molecule has 3 aromatic carbocycles. The van der Waals surface area contributed by atoms with Gasteiger partial charge in [0.25, 0.3) is 11.7 Å². The molecule has 0 radical (unpaired) electrons. The van der Waals surface area contributed by atoms with Crippen LogP contribution in [-0.4, -0.2) is 40.3 Å². The fourth-order valence-electron chi connectivity index (χ4n) is 3.79. The molecule has 0 aliphatic heterocycles. The number of aromatic amines is 1. The number of hydrogen-bond acceptors (Lipinski definition) is 6. The number of benzene rings is 3. The first-order valence-corrected chi connectivity index (χ1v) is 13.1. The van der Waals surface area contributed by atoms with Gasteiger partial charge in [0.05, 0.1) is 29.7 Å². The van der Waals surface area contributed by atoms with E-state index in [1.807, 2.05) is 35.8 Å². The molecule has 0 spiro atoms. The first kappa shape index (κ1) is 26.9. The Labute approximate surface area is 226 Å². The van der Waals surface area contributed by atoms with Gasteiger partial charge in [-0.15, -0.1) is 5.10 Å². The number of nitrogens with one attached hydrogen (secondary N) is 2. The Kier molecular flexibility index (Phi) is 8.16. The number of amides is 1. The van der Waals surface area contributed by atoms with Crippen LogP contribution in [0.25, 0.3) is 17.1 Å². The molecule has 1 heterocycles. The Bertz CT molecular complexity index is 1440. The van der Waals surface area contributed by atoms with E-state index in [2.05, 4.69) is 65.8 Å². The molecular formula is C29H32N5O3S+. The van der Waals surface area contributed by atoms with Crippen LogP contribution in [0, 0.1) is 6.92 Å². The second-order valence-electron chi connectivity index (χ2n) is 9.83. The van der Waals surface area contributed by atoms with E-state index in [0.717, 1.165) is 22.6 Å². The maximum absolute atomic E-state index is 12.5. The van der Waals surface area contributed by atoms with E-state index >= 15 is 0 Å². The number of para-hydroxylation sites is 1.